The quantitative estimate of drug-likeness (QED) is 0.564. The molecule has 5 nitrogen and oxygen atoms in total. The molecule has 0 aromatic carbocycles. The fourth-order valence-electron chi connectivity index (χ4n) is 1.02. The van der Waals surface area contributed by atoms with Crippen LogP contribution in [0.5, 0.6) is 0 Å². The lowest BCUT2D eigenvalue weighted by molar-refractivity contribution is -0.380. The highest BCUT2D eigenvalue weighted by Crippen LogP contribution is 2.30. The number of thiophene rings is 1. The number of hydrogen-bond acceptors (Lipinski definition) is 5. The summed E-state index contributed by atoms with van der Waals surface area (Å²) >= 11 is 1.04. The van der Waals surface area contributed by atoms with E-state index in [1.807, 2.05) is 0 Å². The minimum absolute atomic E-state index is 0.0714. The van der Waals surface area contributed by atoms with Gasteiger partial charge in [-0.1, -0.05) is 11.3 Å². The Balaban J connectivity index is 2.96. The molecule has 74 valence electrons. The number of rotatable bonds is 3. The van der Waals surface area contributed by atoms with Gasteiger partial charge in [0.15, 0.2) is 0 Å². The minimum Gasteiger partial charge on any atom is -0.290 e. The normalized spacial score (nSPS) is 12.4. The molecule has 0 amide bonds. The van der Waals surface area contributed by atoms with Crippen LogP contribution in [0.15, 0.2) is 12.1 Å². The first-order valence-corrected chi connectivity index (χ1v) is 4.68. The molecule has 1 heterocycles. The van der Waals surface area contributed by atoms with Crippen molar-refractivity contribution in [2.75, 3.05) is 14.1 Å². The summed E-state index contributed by atoms with van der Waals surface area (Å²) in [6.07, 6.45) is 0. The Morgan fingerprint density at radius 1 is 1.64 bits per heavy atom. The van der Waals surface area contributed by atoms with Crippen molar-refractivity contribution in [1.82, 2.24) is 4.90 Å². The maximum atomic E-state index is 10.4. The highest BCUT2D eigenvalue weighted by molar-refractivity contribution is 7.15. The molecule has 0 saturated carbocycles. The average molecular weight is 211 g/mol. The summed E-state index contributed by atoms with van der Waals surface area (Å²) in [4.78, 5) is 12.4. The molecule has 0 saturated heterocycles. The number of nitrogens with zero attached hydrogens (tertiary/aromatic N) is 3. The molecule has 1 unspecified atom stereocenters. The standard InChI is InChI=1S/C8H9N3O2S/c1-10(2)6(5-9)7-3-4-8(14-7)11(12)13/h3-4,6H,1-2H3. The lowest BCUT2D eigenvalue weighted by atomic mass is 10.2. The van der Waals surface area contributed by atoms with E-state index in [1.165, 1.54) is 6.07 Å². The van der Waals surface area contributed by atoms with E-state index in [9.17, 15) is 10.1 Å². The zero-order valence-corrected chi connectivity index (χ0v) is 8.61. The molecule has 0 radical (unpaired) electrons. The van der Waals surface area contributed by atoms with E-state index in [1.54, 1.807) is 25.1 Å². The maximum Gasteiger partial charge on any atom is 0.324 e. The predicted octanol–water partition coefficient (Wildman–Crippen LogP) is 1.78. The monoisotopic (exact) mass is 211 g/mol. The lowest BCUT2D eigenvalue weighted by Crippen LogP contribution is -2.16. The van der Waals surface area contributed by atoms with Crippen molar-refractivity contribution in [2.45, 2.75) is 6.04 Å². The van der Waals surface area contributed by atoms with Crippen LogP contribution in [0, 0.1) is 21.4 Å². The smallest absolute Gasteiger partial charge is 0.290 e. The minimum atomic E-state index is -0.446. The third kappa shape index (κ3) is 2.07. The Bertz CT molecular complexity index is 380. The van der Waals surface area contributed by atoms with E-state index in [2.05, 4.69) is 6.07 Å². The Labute approximate surface area is 85.3 Å². The van der Waals surface area contributed by atoms with Crippen LogP contribution in [0.4, 0.5) is 5.00 Å². The van der Waals surface area contributed by atoms with Gasteiger partial charge in [0, 0.05) is 10.9 Å². The first-order chi connectivity index (χ1) is 6.56. The second-order valence-electron chi connectivity index (χ2n) is 2.93. The fourth-order valence-corrected chi connectivity index (χ4v) is 1.98. The molecule has 0 spiro atoms. The zero-order chi connectivity index (χ0) is 10.7. The van der Waals surface area contributed by atoms with Gasteiger partial charge in [0.25, 0.3) is 0 Å². The van der Waals surface area contributed by atoms with E-state index in [4.69, 9.17) is 5.26 Å². The van der Waals surface area contributed by atoms with Crippen LogP contribution >= 0.6 is 11.3 Å². The third-order valence-corrected chi connectivity index (χ3v) is 2.79. The van der Waals surface area contributed by atoms with Gasteiger partial charge in [-0.05, 0) is 20.2 Å². The van der Waals surface area contributed by atoms with Crippen LogP contribution in [0.3, 0.4) is 0 Å². The van der Waals surface area contributed by atoms with Crippen molar-refractivity contribution in [3.8, 4) is 6.07 Å². The molecule has 0 fully saturated rings. The van der Waals surface area contributed by atoms with Crippen molar-refractivity contribution in [3.63, 3.8) is 0 Å². The first-order valence-electron chi connectivity index (χ1n) is 3.86. The molecule has 0 aliphatic carbocycles. The molecule has 1 aromatic heterocycles. The predicted molar refractivity (Wildman–Crippen MR) is 53.0 cm³/mol. The highest BCUT2D eigenvalue weighted by Gasteiger charge is 2.18. The second kappa shape index (κ2) is 4.17. The van der Waals surface area contributed by atoms with Gasteiger partial charge in [0.05, 0.1) is 11.0 Å². The Morgan fingerprint density at radius 2 is 2.29 bits per heavy atom. The molecule has 6 heteroatoms. The number of nitriles is 1. The molecule has 0 bridgehead atoms. The van der Waals surface area contributed by atoms with Crippen LogP contribution in [0.25, 0.3) is 0 Å². The van der Waals surface area contributed by atoms with Gasteiger partial charge in [-0.2, -0.15) is 5.26 Å². The van der Waals surface area contributed by atoms with Gasteiger partial charge in [0.1, 0.15) is 6.04 Å². The number of nitro groups is 1. The van der Waals surface area contributed by atoms with Crippen molar-refractivity contribution < 1.29 is 4.92 Å². The van der Waals surface area contributed by atoms with Gasteiger partial charge in [-0.15, -0.1) is 0 Å². The van der Waals surface area contributed by atoms with Crippen LogP contribution in [-0.2, 0) is 0 Å². The summed E-state index contributed by atoms with van der Waals surface area (Å²) in [5.74, 6) is 0. The van der Waals surface area contributed by atoms with Gasteiger partial charge in [-0.25, -0.2) is 0 Å². The van der Waals surface area contributed by atoms with Crippen molar-refractivity contribution >= 4 is 16.3 Å². The molecule has 1 aromatic rings. The highest BCUT2D eigenvalue weighted by atomic mass is 32.1. The molecule has 0 N–H and O–H groups in total. The lowest BCUT2D eigenvalue weighted by Gasteiger charge is -2.14. The molecule has 1 rings (SSSR count). The summed E-state index contributed by atoms with van der Waals surface area (Å²) < 4.78 is 0. The first kappa shape index (κ1) is 10.6. The molecule has 14 heavy (non-hydrogen) atoms. The van der Waals surface area contributed by atoms with Crippen LogP contribution < -0.4 is 0 Å². The Morgan fingerprint density at radius 3 is 2.64 bits per heavy atom. The largest absolute Gasteiger partial charge is 0.324 e. The van der Waals surface area contributed by atoms with Crippen molar-refractivity contribution in [2.24, 2.45) is 0 Å². The van der Waals surface area contributed by atoms with E-state index in [0.29, 0.717) is 4.88 Å². The van der Waals surface area contributed by atoms with Gasteiger partial charge >= 0.3 is 5.00 Å². The summed E-state index contributed by atoms with van der Waals surface area (Å²) in [7, 11) is 3.53. The Kier molecular flexibility index (Phi) is 3.17. The van der Waals surface area contributed by atoms with Gasteiger partial charge in [-0.3, -0.25) is 15.0 Å². The number of hydrogen-bond donors (Lipinski definition) is 0. The van der Waals surface area contributed by atoms with Gasteiger partial charge in [0.2, 0.25) is 0 Å². The van der Waals surface area contributed by atoms with Crippen molar-refractivity contribution in [1.29, 1.82) is 5.26 Å². The van der Waals surface area contributed by atoms with E-state index >= 15 is 0 Å². The third-order valence-electron chi connectivity index (χ3n) is 1.70. The average Bonchev–Trinajstić information content (AvgIpc) is 2.53. The summed E-state index contributed by atoms with van der Waals surface area (Å²) in [6, 6.07) is 4.72. The molecule has 0 aliphatic heterocycles. The SMILES string of the molecule is CN(C)C(C#N)c1ccc([N+](=O)[O-])s1. The molecular formula is C8H9N3O2S. The summed E-state index contributed by atoms with van der Waals surface area (Å²) in [5.41, 5.74) is 0. The molecule has 0 aliphatic rings. The van der Waals surface area contributed by atoms with Crippen LogP contribution in [-0.4, -0.2) is 23.9 Å². The molecular weight excluding hydrogens is 202 g/mol. The topological polar surface area (TPSA) is 70.2 Å². The van der Waals surface area contributed by atoms with Gasteiger partial charge < -0.3 is 0 Å². The maximum absolute atomic E-state index is 10.4. The van der Waals surface area contributed by atoms with Crippen LogP contribution in [0.2, 0.25) is 0 Å². The van der Waals surface area contributed by atoms with Crippen molar-refractivity contribution in [3.05, 3.63) is 27.1 Å². The Hall–Kier alpha value is -1.45. The molecule has 1 atom stereocenters. The second-order valence-corrected chi connectivity index (χ2v) is 4.02. The van der Waals surface area contributed by atoms with Crippen LogP contribution in [0.1, 0.15) is 10.9 Å². The van der Waals surface area contributed by atoms with E-state index in [-0.39, 0.29) is 5.00 Å². The van der Waals surface area contributed by atoms with E-state index < -0.39 is 11.0 Å². The zero-order valence-electron chi connectivity index (χ0n) is 7.80. The summed E-state index contributed by atoms with van der Waals surface area (Å²) in [6.45, 7) is 0. The fraction of sp³-hybridized carbons (Fsp3) is 0.375. The van der Waals surface area contributed by atoms with E-state index in [0.717, 1.165) is 11.3 Å². The summed E-state index contributed by atoms with van der Waals surface area (Å²) in [5, 5.41) is 19.3.